The third-order valence-electron chi connectivity index (χ3n) is 7.00. The van der Waals surface area contributed by atoms with Crippen molar-refractivity contribution in [2.24, 2.45) is 0 Å². The van der Waals surface area contributed by atoms with E-state index in [2.05, 4.69) is 55.9 Å². The number of nitrogens with two attached hydrogens (primary N) is 1. The van der Waals surface area contributed by atoms with Crippen LogP contribution in [0.4, 0.5) is 20.3 Å². The van der Waals surface area contributed by atoms with Gasteiger partial charge >= 0.3 is 0 Å². The zero-order valence-electron chi connectivity index (χ0n) is 22.2. The van der Waals surface area contributed by atoms with E-state index in [9.17, 15) is 13.6 Å². The van der Waals surface area contributed by atoms with E-state index in [1.165, 1.54) is 18.5 Å². The molecule has 1 atom stereocenters. The van der Waals surface area contributed by atoms with Gasteiger partial charge in [0.1, 0.15) is 11.3 Å². The molecule has 10 heteroatoms. The first-order chi connectivity index (χ1) is 19.3. The number of hydrogen-bond acceptors (Lipinski definition) is 7. The summed E-state index contributed by atoms with van der Waals surface area (Å²) in [4.78, 5) is 30.0. The first kappa shape index (κ1) is 27.1. The second kappa shape index (κ2) is 11.7. The number of nitrogens with zero attached hydrogens (tertiary/aromatic N) is 5. The fourth-order valence-corrected chi connectivity index (χ4v) is 4.82. The molecule has 3 N–H and O–H groups in total. The Labute approximate surface area is 231 Å². The van der Waals surface area contributed by atoms with Gasteiger partial charge in [0.05, 0.1) is 11.1 Å². The van der Waals surface area contributed by atoms with E-state index >= 15 is 0 Å². The molecule has 5 rings (SSSR count). The Kier molecular flexibility index (Phi) is 7.96. The van der Waals surface area contributed by atoms with Crippen molar-refractivity contribution in [1.29, 1.82) is 0 Å². The molecule has 0 saturated carbocycles. The lowest BCUT2D eigenvalue weighted by Crippen LogP contribution is -2.49. The van der Waals surface area contributed by atoms with Crippen LogP contribution in [0.3, 0.4) is 0 Å². The third-order valence-corrected chi connectivity index (χ3v) is 7.00. The van der Waals surface area contributed by atoms with E-state index in [-0.39, 0.29) is 17.2 Å². The third kappa shape index (κ3) is 6.06. The molecular weight excluding hydrogens is 512 g/mol. The molecular formula is C30H29F2N7O. The maximum absolute atomic E-state index is 14.0. The Morgan fingerprint density at radius 3 is 2.80 bits per heavy atom. The summed E-state index contributed by atoms with van der Waals surface area (Å²) in [6, 6.07) is 10.2. The van der Waals surface area contributed by atoms with Gasteiger partial charge in [-0.25, -0.2) is 13.8 Å². The Hall–Kier alpha value is -4.46. The average Bonchev–Trinajstić information content (AvgIpc) is 2.95. The summed E-state index contributed by atoms with van der Waals surface area (Å²) >= 11 is 0. The summed E-state index contributed by atoms with van der Waals surface area (Å²) < 4.78 is 28.0. The fourth-order valence-electron chi connectivity index (χ4n) is 4.82. The quantitative estimate of drug-likeness (QED) is 0.363. The highest BCUT2D eigenvalue weighted by Gasteiger charge is 2.24. The molecule has 40 heavy (non-hydrogen) atoms. The van der Waals surface area contributed by atoms with Crippen LogP contribution in [-0.2, 0) is 6.54 Å². The molecule has 8 nitrogen and oxygen atoms in total. The lowest BCUT2D eigenvalue weighted by atomic mass is 10.0. The van der Waals surface area contributed by atoms with Gasteiger partial charge in [0.25, 0.3) is 12.3 Å². The van der Waals surface area contributed by atoms with Crippen LogP contribution in [-0.4, -0.2) is 63.4 Å². The smallest absolute Gasteiger partial charge is 0.264 e. The Bertz CT molecular complexity index is 1610. The Morgan fingerprint density at radius 1 is 1.15 bits per heavy atom. The van der Waals surface area contributed by atoms with Crippen molar-refractivity contribution in [3.63, 3.8) is 0 Å². The van der Waals surface area contributed by atoms with Crippen molar-refractivity contribution in [3.8, 4) is 11.8 Å². The topological polar surface area (TPSA) is 100 Å². The molecule has 0 aliphatic carbocycles. The van der Waals surface area contributed by atoms with Crippen molar-refractivity contribution in [3.05, 3.63) is 89.0 Å². The highest BCUT2D eigenvalue weighted by molar-refractivity contribution is 6.04. The van der Waals surface area contributed by atoms with E-state index < -0.39 is 12.3 Å². The summed E-state index contributed by atoms with van der Waals surface area (Å²) in [7, 11) is 2.06. The summed E-state index contributed by atoms with van der Waals surface area (Å²) in [5.41, 5.74) is 8.64. The highest BCUT2D eigenvalue weighted by Crippen LogP contribution is 2.28. The van der Waals surface area contributed by atoms with E-state index in [1.807, 2.05) is 6.07 Å². The molecule has 0 radical (unpaired) electrons. The zero-order valence-corrected chi connectivity index (χ0v) is 22.2. The molecule has 1 aliphatic rings. The SMILES string of the molecule is C[C@H]1CN(C)CCN1Cc1ccc(NC(=O)c2cncc(C#Cc3cnc(N)c4ncccc34)c2)cc1C(F)F. The Balaban J connectivity index is 1.32. The number of halogens is 2. The van der Waals surface area contributed by atoms with Gasteiger partial charge in [0.2, 0.25) is 0 Å². The monoisotopic (exact) mass is 541 g/mol. The van der Waals surface area contributed by atoms with Gasteiger partial charge < -0.3 is 16.0 Å². The summed E-state index contributed by atoms with van der Waals surface area (Å²) in [5.74, 6) is 5.89. The number of aromatic nitrogens is 3. The molecule has 204 valence electrons. The number of nitrogens with one attached hydrogen (secondary N) is 1. The van der Waals surface area contributed by atoms with Gasteiger partial charge in [-0.2, -0.15) is 0 Å². The van der Waals surface area contributed by atoms with E-state index in [1.54, 1.807) is 36.7 Å². The van der Waals surface area contributed by atoms with Crippen LogP contribution in [0.1, 0.15) is 46.0 Å². The first-order valence-corrected chi connectivity index (χ1v) is 12.9. The number of amides is 1. The van der Waals surface area contributed by atoms with Gasteiger partial charge in [0.15, 0.2) is 0 Å². The van der Waals surface area contributed by atoms with Crippen molar-refractivity contribution >= 4 is 28.3 Å². The number of rotatable bonds is 5. The maximum atomic E-state index is 14.0. The molecule has 1 aromatic carbocycles. The molecule has 1 fully saturated rings. The van der Waals surface area contributed by atoms with Crippen molar-refractivity contribution in [2.75, 3.05) is 37.7 Å². The molecule has 4 heterocycles. The lowest BCUT2D eigenvalue weighted by molar-refractivity contribution is 0.0912. The number of hydrogen-bond donors (Lipinski definition) is 2. The van der Waals surface area contributed by atoms with Gasteiger partial charge in [-0.05, 0) is 49.9 Å². The van der Waals surface area contributed by atoms with Gasteiger partial charge in [-0.3, -0.25) is 19.7 Å². The van der Waals surface area contributed by atoms with E-state index in [0.29, 0.717) is 40.3 Å². The number of anilines is 2. The molecule has 0 bridgehead atoms. The van der Waals surface area contributed by atoms with Crippen LogP contribution in [0, 0.1) is 11.8 Å². The number of piperazine rings is 1. The largest absolute Gasteiger partial charge is 0.382 e. The number of benzene rings is 1. The van der Waals surface area contributed by atoms with Crippen LogP contribution < -0.4 is 11.1 Å². The minimum atomic E-state index is -2.66. The number of carbonyl (C=O) groups excluding carboxylic acids is 1. The lowest BCUT2D eigenvalue weighted by Gasteiger charge is -2.38. The first-order valence-electron chi connectivity index (χ1n) is 12.9. The maximum Gasteiger partial charge on any atom is 0.264 e. The van der Waals surface area contributed by atoms with Crippen LogP contribution in [0.15, 0.2) is 61.2 Å². The van der Waals surface area contributed by atoms with E-state index in [0.717, 1.165) is 25.0 Å². The number of pyridine rings is 3. The predicted molar refractivity (Wildman–Crippen MR) is 151 cm³/mol. The predicted octanol–water partition coefficient (Wildman–Crippen LogP) is 4.33. The molecule has 0 unspecified atom stereocenters. The molecule has 3 aromatic heterocycles. The molecule has 4 aromatic rings. The summed E-state index contributed by atoms with van der Waals surface area (Å²) in [5, 5.41) is 3.49. The summed E-state index contributed by atoms with van der Waals surface area (Å²) in [6.07, 6.45) is 3.49. The van der Waals surface area contributed by atoms with Crippen LogP contribution in [0.2, 0.25) is 0 Å². The van der Waals surface area contributed by atoms with E-state index in [4.69, 9.17) is 5.73 Å². The summed E-state index contributed by atoms with van der Waals surface area (Å²) in [6.45, 7) is 5.13. The Morgan fingerprint density at radius 2 is 2.00 bits per heavy atom. The van der Waals surface area contributed by atoms with Crippen LogP contribution in [0.5, 0.6) is 0 Å². The fraction of sp³-hybridized carbons (Fsp3) is 0.267. The molecule has 0 spiro atoms. The van der Waals surface area contributed by atoms with Crippen molar-refractivity contribution in [1.82, 2.24) is 24.8 Å². The van der Waals surface area contributed by atoms with Crippen molar-refractivity contribution in [2.45, 2.75) is 25.9 Å². The average molecular weight is 542 g/mol. The number of nitrogen functional groups attached to an aromatic ring is 1. The van der Waals surface area contributed by atoms with Crippen LogP contribution >= 0.6 is 0 Å². The minimum absolute atomic E-state index is 0.0829. The number of alkyl halides is 2. The highest BCUT2D eigenvalue weighted by atomic mass is 19.3. The standard InChI is InChI=1S/C30H29F2N7O/c1-19-17-38(2)10-11-39(19)18-22-7-8-24(13-26(22)28(31)32)37-30(40)23-12-20(14-34-15-23)5-6-21-16-36-29(33)27-25(21)4-3-9-35-27/h3-4,7-9,12-16,19,28H,10-11,17-18H2,1-2H3,(H2,33,36)(H,37,40)/t19-/m0/s1. The molecule has 1 aliphatic heterocycles. The number of likely N-dealkylation sites (N-methyl/N-ethyl adjacent to an activating group) is 1. The second-order valence-electron chi connectivity index (χ2n) is 9.92. The number of fused-ring (bicyclic) bond motifs is 1. The zero-order chi connectivity index (χ0) is 28.2. The molecule has 1 amide bonds. The van der Waals surface area contributed by atoms with Crippen molar-refractivity contribution < 1.29 is 13.6 Å². The normalized spacial score (nSPS) is 16.1. The van der Waals surface area contributed by atoms with Gasteiger partial charge in [-0.1, -0.05) is 17.9 Å². The number of carbonyl (C=O) groups is 1. The minimum Gasteiger partial charge on any atom is -0.382 e. The van der Waals surface area contributed by atoms with Crippen LogP contribution in [0.25, 0.3) is 10.9 Å². The van der Waals surface area contributed by atoms with Gasteiger partial charge in [0, 0.05) is 79.2 Å². The van der Waals surface area contributed by atoms with Gasteiger partial charge in [-0.15, -0.1) is 0 Å². The second-order valence-corrected chi connectivity index (χ2v) is 9.92. The molecule has 1 saturated heterocycles.